The Morgan fingerprint density at radius 3 is 2.95 bits per heavy atom. The molecule has 7 heteroatoms. The molecule has 1 unspecified atom stereocenters. The Hall–Kier alpha value is -2.51. The predicted octanol–water partition coefficient (Wildman–Crippen LogP) is 3.25. The molecule has 0 aliphatic heterocycles. The van der Waals surface area contributed by atoms with Crippen molar-refractivity contribution in [1.29, 1.82) is 0 Å². The van der Waals surface area contributed by atoms with E-state index in [9.17, 15) is 15.2 Å². The van der Waals surface area contributed by atoms with Crippen molar-refractivity contribution in [3.05, 3.63) is 69.8 Å². The summed E-state index contributed by atoms with van der Waals surface area (Å²) >= 11 is 1.57. The fraction of sp³-hybridized carbons (Fsp3) is 0.133. The third-order valence-electron chi connectivity index (χ3n) is 3.29. The van der Waals surface area contributed by atoms with E-state index in [-0.39, 0.29) is 12.2 Å². The van der Waals surface area contributed by atoms with Gasteiger partial charge >= 0.3 is 0 Å². The number of benzene rings is 1. The number of aromatic nitrogens is 2. The van der Waals surface area contributed by atoms with Crippen LogP contribution in [0, 0.1) is 10.1 Å². The molecule has 0 amide bonds. The standard InChI is InChI=1S/C15H13N3O3S/c19-13(11-3-1-4-12(9-11)18(20)21)10-17-7-6-16-15(17)14-5-2-8-22-14/h1-9,13,19H,10H2. The number of aliphatic hydroxyl groups is 1. The van der Waals surface area contributed by atoms with Crippen LogP contribution in [0.25, 0.3) is 10.7 Å². The quantitative estimate of drug-likeness (QED) is 0.579. The average Bonchev–Trinajstić information content (AvgIpc) is 3.18. The molecule has 2 aromatic heterocycles. The molecule has 0 aliphatic carbocycles. The molecule has 6 nitrogen and oxygen atoms in total. The summed E-state index contributed by atoms with van der Waals surface area (Å²) in [5, 5.41) is 23.1. The number of hydrogen-bond acceptors (Lipinski definition) is 5. The van der Waals surface area contributed by atoms with Crippen molar-refractivity contribution in [2.45, 2.75) is 12.6 Å². The number of aliphatic hydroxyl groups excluding tert-OH is 1. The summed E-state index contributed by atoms with van der Waals surface area (Å²) < 4.78 is 1.84. The van der Waals surface area contributed by atoms with Crippen LogP contribution in [0.4, 0.5) is 5.69 Å². The molecule has 22 heavy (non-hydrogen) atoms. The van der Waals surface area contributed by atoms with Gasteiger partial charge in [0.1, 0.15) is 5.82 Å². The molecular formula is C15H13N3O3S. The van der Waals surface area contributed by atoms with Crippen LogP contribution in [-0.4, -0.2) is 19.6 Å². The minimum atomic E-state index is -0.840. The van der Waals surface area contributed by atoms with Gasteiger partial charge in [0.05, 0.1) is 22.4 Å². The van der Waals surface area contributed by atoms with Crippen molar-refractivity contribution in [2.75, 3.05) is 0 Å². The lowest BCUT2D eigenvalue weighted by molar-refractivity contribution is -0.385. The average molecular weight is 315 g/mol. The summed E-state index contributed by atoms with van der Waals surface area (Å²) in [5.41, 5.74) is 0.487. The van der Waals surface area contributed by atoms with E-state index in [1.807, 2.05) is 22.1 Å². The van der Waals surface area contributed by atoms with E-state index < -0.39 is 11.0 Å². The third-order valence-corrected chi connectivity index (χ3v) is 4.16. The Kier molecular flexibility index (Phi) is 3.99. The van der Waals surface area contributed by atoms with Crippen LogP contribution < -0.4 is 0 Å². The molecule has 3 rings (SSSR count). The normalized spacial score (nSPS) is 12.2. The first kappa shape index (κ1) is 14.4. The Morgan fingerprint density at radius 2 is 2.23 bits per heavy atom. The maximum atomic E-state index is 10.8. The molecule has 0 bridgehead atoms. The number of thiophene rings is 1. The van der Waals surface area contributed by atoms with Gasteiger partial charge in [-0.15, -0.1) is 11.3 Å². The molecule has 0 radical (unpaired) electrons. The molecule has 3 aromatic rings. The SMILES string of the molecule is O=[N+]([O-])c1cccc(C(O)Cn2ccnc2-c2cccs2)c1. The number of non-ortho nitro benzene ring substituents is 1. The highest BCUT2D eigenvalue weighted by Gasteiger charge is 2.15. The first-order valence-electron chi connectivity index (χ1n) is 6.62. The van der Waals surface area contributed by atoms with Gasteiger partial charge in [0.2, 0.25) is 0 Å². The van der Waals surface area contributed by atoms with Gasteiger partial charge in [-0.1, -0.05) is 18.2 Å². The van der Waals surface area contributed by atoms with Crippen molar-refractivity contribution in [3.63, 3.8) is 0 Å². The topological polar surface area (TPSA) is 81.2 Å². The lowest BCUT2D eigenvalue weighted by Gasteiger charge is -2.13. The Bertz CT molecular complexity index is 783. The Balaban J connectivity index is 1.83. The van der Waals surface area contributed by atoms with E-state index >= 15 is 0 Å². The minimum Gasteiger partial charge on any atom is -0.387 e. The van der Waals surface area contributed by atoms with Gasteiger partial charge in [-0.2, -0.15) is 0 Å². The number of rotatable bonds is 5. The van der Waals surface area contributed by atoms with Crippen molar-refractivity contribution in [2.24, 2.45) is 0 Å². The molecule has 0 aliphatic rings. The summed E-state index contributed by atoms with van der Waals surface area (Å²) in [6, 6.07) is 9.96. The Morgan fingerprint density at radius 1 is 1.36 bits per heavy atom. The summed E-state index contributed by atoms with van der Waals surface area (Å²) in [4.78, 5) is 15.7. The highest BCUT2D eigenvalue weighted by molar-refractivity contribution is 7.13. The van der Waals surface area contributed by atoms with Gasteiger partial charge in [-0.25, -0.2) is 4.98 Å². The zero-order chi connectivity index (χ0) is 15.5. The molecule has 0 spiro atoms. The number of nitro benzene ring substituents is 1. The van der Waals surface area contributed by atoms with E-state index in [4.69, 9.17) is 0 Å². The van der Waals surface area contributed by atoms with E-state index in [2.05, 4.69) is 4.98 Å². The van der Waals surface area contributed by atoms with Crippen LogP contribution in [-0.2, 0) is 6.54 Å². The lowest BCUT2D eigenvalue weighted by atomic mass is 10.1. The summed E-state index contributed by atoms with van der Waals surface area (Å²) in [6.07, 6.45) is 2.62. The summed E-state index contributed by atoms with van der Waals surface area (Å²) in [6.45, 7) is 0.286. The largest absolute Gasteiger partial charge is 0.387 e. The monoisotopic (exact) mass is 315 g/mol. The maximum Gasteiger partial charge on any atom is 0.269 e. The second kappa shape index (κ2) is 6.08. The van der Waals surface area contributed by atoms with E-state index in [1.54, 1.807) is 35.9 Å². The van der Waals surface area contributed by atoms with Crippen LogP contribution in [0.3, 0.4) is 0 Å². The number of nitrogens with zero attached hydrogens (tertiary/aromatic N) is 3. The Labute approximate surface area is 130 Å². The van der Waals surface area contributed by atoms with Crippen LogP contribution in [0.5, 0.6) is 0 Å². The van der Waals surface area contributed by atoms with Crippen molar-refractivity contribution < 1.29 is 10.0 Å². The van der Waals surface area contributed by atoms with Gasteiger partial charge < -0.3 is 9.67 Å². The molecule has 112 valence electrons. The zero-order valence-electron chi connectivity index (χ0n) is 11.5. The third kappa shape index (κ3) is 2.90. The molecule has 0 saturated heterocycles. The summed E-state index contributed by atoms with van der Waals surface area (Å²) in [5.74, 6) is 0.777. The predicted molar refractivity (Wildman–Crippen MR) is 83.6 cm³/mol. The smallest absolute Gasteiger partial charge is 0.269 e. The van der Waals surface area contributed by atoms with Gasteiger partial charge in [0.15, 0.2) is 0 Å². The first-order chi connectivity index (χ1) is 10.6. The molecular weight excluding hydrogens is 302 g/mol. The highest BCUT2D eigenvalue weighted by atomic mass is 32.1. The molecule has 2 heterocycles. The fourth-order valence-corrected chi connectivity index (χ4v) is 2.96. The first-order valence-corrected chi connectivity index (χ1v) is 7.50. The summed E-state index contributed by atoms with van der Waals surface area (Å²) in [7, 11) is 0. The van der Waals surface area contributed by atoms with Gasteiger partial charge in [0.25, 0.3) is 5.69 Å². The van der Waals surface area contributed by atoms with E-state index in [0.29, 0.717) is 5.56 Å². The molecule has 1 atom stereocenters. The van der Waals surface area contributed by atoms with Crippen LogP contribution >= 0.6 is 11.3 Å². The molecule has 0 saturated carbocycles. The molecule has 1 aromatic carbocycles. The van der Waals surface area contributed by atoms with Gasteiger partial charge in [-0.05, 0) is 17.0 Å². The number of imidazole rings is 1. The van der Waals surface area contributed by atoms with Crippen molar-refractivity contribution in [1.82, 2.24) is 9.55 Å². The molecule has 0 fully saturated rings. The number of hydrogen-bond donors (Lipinski definition) is 1. The van der Waals surface area contributed by atoms with Crippen LogP contribution in [0.15, 0.2) is 54.2 Å². The maximum absolute atomic E-state index is 10.8. The second-order valence-corrected chi connectivity index (χ2v) is 5.70. The van der Waals surface area contributed by atoms with E-state index in [0.717, 1.165) is 10.7 Å². The van der Waals surface area contributed by atoms with Gasteiger partial charge in [0, 0.05) is 24.5 Å². The fourth-order valence-electron chi connectivity index (χ4n) is 2.22. The number of nitro groups is 1. The lowest BCUT2D eigenvalue weighted by Crippen LogP contribution is -2.09. The van der Waals surface area contributed by atoms with Crippen LogP contribution in [0.2, 0.25) is 0 Å². The minimum absolute atomic E-state index is 0.0272. The van der Waals surface area contributed by atoms with Crippen molar-refractivity contribution >= 4 is 17.0 Å². The zero-order valence-corrected chi connectivity index (χ0v) is 12.3. The van der Waals surface area contributed by atoms with Gasteiger partial charge in [-0.3, -0.25) is 10.1 Å². The molecule has 1 N–H and O–H groups in total. The van der Waals surface area contributed by atoms with E-state index in [1.165, 1.54) is 12.1 Å². The van der Waals surface area contributed by atoms with Crippen molar-refractivity contribution in [3.8, 4) is 10.7 Å². The van der Waals surface area contributed by atoms with Crippen LogP contribution in [0.1, 0.15) is 11.7 Å². The highest BCUT2D eigenvalue weighted by Crippen LogP contribution is 2.26. The second-order valence-electron chi connectivity index (χ2n) is 4.75.